The van der Waals surface area contributed by atoms with Gasteiger partial charge in [-0.25, -0.2) is 0 Å². The van der Waals surface area contributed by atoms with Crippen molar-refractivity contribution in [1.29, 1.82) is 0 Å². The van der Waals surface area contributed by atoms with Crippen LogP contribution in [0, 0.1) is 40.4 Å². The molecule has 0 aromatic carbocycles. The molecule has 0 amide bonds. The van der Waals surface area contributed by atoms with Gasteiger partial charge < -0.3 is 30.3 Å². The van der Waals surface area contributed by atoms with Gasteiger partial charge in [0.1, 0.15) is 11.7 Å². The fourth-order valence-corrected chi connectivity index (χ4v) is 9.43. The summed E-state index contributed by atoms with van der Waals surface area (Å²) in [5.74, 6) is -2.22. The maximum Gasteiger partial charge on any atom is 0.309 e. The van der Waals surface area contributed by atoms with Crippen LogP contribution < -0.4 is 0 Å². The number of cyclic esters (lactones) is 1. The number of ether oxygens (including phenoxy) is 1. The molecule has 0 bridgehead atoms. The molecule has 5 aliphatic rings. The number of rotatable bonds is 3. The lowest BCUT2D eigenvalue weighted by atomic mass is 9.45. The van der Waals surface area contributed by atoms with E-state index in [1.54, 1.807) is 26.8 Å². The Morgan fingerprint density at radius 1 is 1.08 bits per heavy atom. The molecule has 8 heteroatoms. The molecule has 208 valence electrons. The first kappa shape index (κ1) is 27.3. The van der Waals surface area contributed by atoms with Crippen LogP contribution in [0.1, 0.15) is 79.6 Å². The number of aliphatic hydroxyl groups is 5. The zero-order valence-electron chi connectivity index (χ0n) is 22.7. The summed E-state index contributed by atoms with van der Waals surface area (Å²) < 4.78 is 5.74. The SMILES string of the molecule is C[C@H](O)[C@@H]1C[C@@H]([C@@](C)(O)[C@@H]2CC[C@@]3(O)C4=CC(=O)[C@@H]5C[C@@H](O)[C@@H](O)C[C@]5(C)[C@H]4CC[C@]23C)OC(=O)[C@H]1C. The number of esters is 1. The highest BCUT2D eigenvalue weighted by Crippen LogP contribution is 2.68. The zero-order chi connectivity index (χ0) is 27.3. The molecule has 8 nitrogen and oxygen atoms in total. The molecule has 13 atom stereocenters. The second kappa shape index (κ2) is 8.59. The first-order valence-corrected chi connectivity index (χ1v) is 14.0. The number of fused-ring (bicyclic) bond motifs is 5. The summed E-state index contributed by atoms with van der Waals surface area (Å²) in [6.45, 7) is 9.07. The molecule has 0 unspecified atom stereocenters. The van der Waals surface area contributed by atoms with Gasteiger partial charge in [0.25, 0.3) is 0 Å². The van der Waals surface area contributed by atoms with E-state index in [9.17, 15) is 35.1 Å². The van der Waals surface area contributed by atoms with Gasteiger partial charge in [0.2, 0.25) is 0 Å². The molecule has 1 aliphatic heterocycles. The largest absolute Gasteiger partial charge is 0.459 e. The molecule has 1 saturated heterocycles. The average Bonchev–Trinajstić information content (AvgIpc) is 3.09. The minimum Gasteiger partial charge on any atom is -0.459 e. The van der Waals surface area contributed by atoms with E-state index in [2.05, 4.69) is 0 Å². The maximum atomic E-state index is 13.4. The van der Waals surface area contributed by atoms with Gasteiger partial charge in [-0.15, -0.1) is 0 Å². The highest BCUT2D eigenvalue weighted by Gasteiger charge is 2.69. The van der Waals surface area contributed by atoms with Crippen molar-refractivity contribution >= 4 is 11.8 Å². The third-order valence-electron chi connectivity index (χ3n) is 11.9. The molecular formula is C29H44O8. The van der Waals surface area contributed by atoms with E-state index in [1.165, 1.54) is 0 Å². The zero-order valence-corrected chi connectivity index (χ0v) is 22.7. The molecule has 5 rings (SSSR count). The molecule has 3 saturated carbocycles. The smallest absolute Gasteiger partial charge is 0.309 e. The summed E-state index contributed by atoms with van der Waals surface area (Å²) in [6, 6.07) is 0. The summed E-state index contributed by atoms with van der Waals surface area (Å²) in [7, 11) is 0. The first-order valence-electron chi connectivity index (χ1n) is 14.0. The van der Waals surface area contributed by atoms with Crippen LogP contribution >= 0.6 is 0 Å². The van der Waals surface area contributed by atoms with Crippen molar-refractivity contribution in [3.8, 4) is 0 Å². The van der Waals surface area contributed by atoms with E-state index in [1.807, 2.05) is 13.8 Å². The number of carbonyl (C=O) groups excluding carboxylic acids is 2. The van der Waals surface area contributed by atoms with Gasteiger partial charge in [0.15, 0.2) is 5.78 Å². The van der Waals surface area contributed by atoms with Crippen LogP contribution in [0.15, 0.2) is 11.6 Å². The van der Waals surface area contributed by atoms with Crippen molar-refractivity contribution in [2.24, 2.45) is 40.4 Å². The van der Waals surface area contributed by atoms with Crippen molar-refractivity contribution in [1.82, 2.24) is 0 Å². The number of aliphatic hydroxyl groups excluding tert-OH is 3. The van der Waals surface area contributed by atoms with Gasteiger partial charge in [0, 0.05) is 17.3 Å². The lowest BCUT2D eigenvalue weighted by molar-refractivity contribution is -0.210. The topological polar surface area (TPSA) is 145 Å². The van der Waals surface area contributed by atoms with E-state index < -0.39 is 70.2 Å². The Kier molecular flexibility index (Phi) is 6.33. The lowest BCUT2D eigenvalue weighted by Crippen LogP contribution is -2.63. The van der Waals surface area contributed by atoms with Crippen molar-refractivity contribution in [2.45, 2.75) is 115 Å². The van der Waals surface area contributed by atoms with Gasteiger partial charge in [-0.2, -0.15) is 0 Å². The third kappa shape index (κ3) is 3.65. The Labute approximate surface area is 219 Å². The fraction of sp³-hybridized carbons (Fsp3) is 0.862. The highest BCUT2D eigenvalue weighted by molar-refractivity contribution is 5.95. The number of hydrogen-bond donors (Lipinski definition) is 5. The van der Waals surface area contributed by atoms with Crippen LogP contribution in [0.3, 0.4) is 0 Å². The van der Waals surface area contributed by atoms with Crippen molar-refractivity contribution in [2.75, 3.05) is 0 Å². The Morgan fingerprint density at radius 2 is 1.76 bits per heavy atom. The summed E-state index contributed by atoms with van der Waals surface area (Å²) in [4.78, 5) is 26.0. The first-order chi connectivity index (χ1) is 17.1. The predicted octanol–water partition coefficient (Wildman–Crippen LogP) is 1.89. The van der Waals surface area contributed by atoms with E-state index >= 15 is 0 Å². The van der Waals surface area contributed by atoms with Crippen LogP contribution in [0.5, 0.6) is 0 Å². The molecule has 0 aromatic rings. The van der Waals surface area contributed by atoms with Gasteiger partial charge in [-0.05, 0) is 87.7 Å². The van der Waals surface area contributed by atoms with Gasteiger partial charge >= 0.3 is 5.97 Å². The van der Waals surface area contributed by atoms with Crippen molar-refractivity contribution < 1.29 is 39.9 Å². The minimum atomic E-state index is -1.44. The van der Waals surface area contributed by atoms with Gasteiger partial charge in [-0.3, -0.25) is 9.59 Å². The van der Waals surface area contributed by atoms with E-state index in [0.717, 1.165) is 0 Å². The Bertz CT molecular complexity index is 1000. The Morgan fingerprint density at radius 3 is 2.41 bits per heavy atom. The second-order valence-corrected chi connectivity index (χ2v) is 13.7. The Hall–Kier alpha value is -1.32. The molecule has 0 aromatic heterocycles. The molecule has 4 aliphatic carbocycles. The molecule has 0 radical (unpaired) electrons. The maximum absolute atomic E-state index is 13.4. The molecule has 0 spiro atoms. The Balaban J connectivity index is 1.48. The predicted molar refractivity (Wildman–Crippen MR) is 134 cm³/mol. The second-order valence-electron chi connectivity index (χ2n) is 13.7. The number of ketones is 1. The third-order valence-corrected chi connectivity index (χ3v) is 11.9. The summed E-state index contributed by atoms with van der Waals surface area (Å²) in [6.07, 6.45) is 1.29. The molecular weight excluding hydrogens is 476 g/mol. The molecule has 37 heavy (non-hydrogen) atoms. The lowest BCUT2D eigenvalue weighted by Gasteiger charge is -2.61. The van der Waals surface area contributed by atoms with Gasteiger partial charge in [-0.1, -0.05) is 20.8 Å². The summed E-state index contributed by atoms with van der Waals surface area (Å²) >= 11 is 0. The molecule has 1 heterocycles. The van der Waals surface area contributed by atoms with Crippen LogP contribution in [0.4, 0.5) is 0 Å². The highest BCUT2D eigenvalue weighted by atomic mass is 16.6. The quantitative estimate of drug-likeness (QED) is 0.355. The van der Waals surface area contributed by atoms with Gasteiger partial charge in [0.05, 0.1) is 29.8 Å². The standard InChI is InChI=1S/C29H44O8/c1-14-16(15(2)30)10-24(37-25(14)34)28(5,35)23-7-9-29(36)18-11-20(31)19-12-21(32)22(33)13-26(19,3)17(18)6-8-27(23,29)4/h11,14-17,19,21-24,30,32-33,35-36H,6-10,12-13H2,1-5H3/t14-,15-,16+,17-,19-,21+,22-,23+,24-,26+,27+,28-,29+/m0/s1. The minimum absolute atomic E-state index is 0.105. The fourth-order valence-electron chi connectivity index (χ4n) is 9.43. The molecule has 4 fully saturated rings. The van der Waals surface area contributed by atoms with E-state index in [-0.39, 0.29) is 24.0 Å². The normalized spacial score (nSPS) is 52.2. The van der Waals surface area contributed by atoms with Crippen LogP contribution in [0.2, 0.25) is 0 Å². The average molecular weight is 521 g/mol. The number of carbonyl (C=O) groups is 2. The monoisotopic (exact) mass is 520 g/mol. The number of hydrogen-bond acceptors (Lipinski definition) is 8. The van der Waals surface area contributed by atoms with Crippen LogP contribution in [-0.4, -0.2) is 72.9 Å². The number of allylic oxidation sites excluding steroid dienone is 1. The molecule has 5 N–H and O–H groups in total. The van der Waals surface area contributed by atoms with Crippen LogP contribution in [-0.2, 0) is 14.3 Å². The summed E-state index contributed by atoms with van der Waals surface area (Å²) in [5.41, 5.74) is -3.37. The summed E-state index contributed by atoms with van der Waals surface area (Å²) in [5, 5.41) is 55.5. The van der Waals surface area contributed by atoms with Crippen molar-refractivity contribution in [3.63, 3.8) is 0 Å². The van der Waals surface area contributed by atoms with E-state index in [4.69, 9.17) is 4.74 Å². The van der Waals surface area contributed by atoms with Crippen LogP contribution in [0.25, 0.3) is 0 Å². The van der Waals surface area contributed by atoms with E-state index in [0.29, 0.717) is 44.1 Å². The van der Waals surface area contributed by atoms with Crippen molar-refractivity contribution in [3.05, 3.63) is 11.6 Å².